The highest BCUT2D eigenvalue weighted by Gasteiger charge is 2.10. The third-order valence-electron chi connectivity index (χ3n) is 3.71. The quantitative estimate of drug-likeness (QED) is 0.485. The van der Waals surface area contributed by atoms with Crippen LogP contribution in [0.3, 0.4) is 0 Å². The standard InChI is InChI=1S/C22H25NO6/c1-4-27-19-12-11-17(14-20(19)28-5-2)23-21(24)15-29-22(25)13-10-16-8-6-7-9-18(16)26-3/h6-14H,4-5,15H2,1-3H3,(H,23,24)/b13-10+. The summed E-state index contributed by atoms with van der Waals surface area (Å²) >= 11 is 0. The van der Waals surface area contributed by atoms with Gasteiger partial charge < -0.3 is 24.3 Å². The van der Waals surface area contributed by atoms with Crippen molar-refractivity contribution in [2.45, 2.75) is 13.8 Å². The van der Waals surface area contributed by atoms with Crippen molar-refractivity contribution >= 4 is 23.6 Å². The van der Waals surface area contributed by atoms with E-state index in [0.29, 0.717) is 36.1 Å². The molecule has 1 amide bonds. The fourth-order valence-corrected chi connectivity index (χ4v) is 2.47. The molecule has 0 bridgehead atoms. The number of nitrogens with one attached hydrogen (secondary N) is 1. The SMILES string of the molecule is CCOc1ccc(NC(=O)COC(=O)/C=C/c2ccccc2OC)cc1OCC. The van der Waals surface area contributed by atoms with Crippen molar-refractivity contribution < 1.29 is 28.5 Å². The number of ether oxygens (including phenoxy) is 4. The lowest BCUT2D eigenvalue weighted by Gasteiger charge is -2.13. The monoisotopic (exact) mass is 399 g/mol. The molecular weight excluding hydrogens is 374 g/mol. The number of amides is 1. The highest BCUT2D eigenvalue weighted by molar-refractivity contribution is 5.95. The first kappa shape index (κ1) is 21.8. The molecule has 2 aromatic carbocycles. The molecule has 0 aliphatic carbocycles. The largest absolute Gasteiger partial charge is 0.496 e. The molecule has 0 atom stereocenters. The second-order valence-corrected chi connectivity index (χ2v) is 5.76. The Morgan fingerprint density at radius 1 is 0.966 bits per heavy atom. The summed E-state index contributed by atoms with van der Waals surface area (Å²) < 4.78 is 21.2. The summed E-state index contributed by atoms with van der Waals surface area (Å²) in [5, 5.41) is 2.66. The van der Waals surface area contributed by atoms with Crippen molar-refractivity contribution in [1.29, 1.82) is 0 Å². The lowest BCUT2D eigenvalue weighted by Crippen LogP contribution is -2.20. The lowest BCUT2D eigenvalue weighted by atomic mass is 10.2. The van der Waals surface area contributed by atoms with Crippen LogP contribution < -0.4 is 19.5 Å². The van der Waals surface area contributed by atoms with E-state index in [9.17, 15) is 9.59 Å². The Morgan fingerprint density at radius 3 is 2.41 bits per heavy atom. The van der Waals surface area contributed by atoms with Crippen molar-refractivity contribution in [3.63, 3.8) is 0 Å². The van der Waals surface area contributed by atoms with Crippen molar-refractivity contribution in [3.8, 4) is 17.2 Å². The van der Waals surface area contributed by atoms with Gasteiger partial charge in [0.05, 0.1) is 20.3 Å². The van der Waals surface area contributed by atoms with E-state index in [4.69, 9.17) is 18.9 Å². The number of carbonyl (C=O) groups is 2. The molecule has 0 unspecified atom stereocenters. The number of benzene rings is 2. The molecule has 2 aromatic rings. The predicted molar refractivity (Wildman–Crippen MR) is 110 cm³/mol. The highest BCUT2D eigenvalue weighted by atomic mass is 16.5. The van der Waals surface area contributed by atoms with Crippen LogP contribution in [-0.2, 0) is 14.3 Å². The Balaban J connectivity index is 1.90. The summed E-state index contributed by atoms with van der Waals surface area (Å²) in [5.41, 5.74) is 1.25. The van der Waals surface area contributed by atoms with E-state index in [0.717, 1.165) is 5.56 Å². The number of anilines is 1. The topological polar surface area (TPSA) is 83.1 Å². The van der Waals surface area contributed by atoms with Crippen LogP contribution >= 0.6 is 0 Å². The van der Waals surface area contributed by atoms with Gasteiger partial charge in [0.25, 0.3) is 5.91 Å². The highest BCUT2D eigenvalue weighted by Crippen LogP contribution is 2.30. The van der Waals surface area contributed by atoms with Crippen molar-refractivity contribution in [2.75, 3.05) is 32.2 Å². The van der Waals surface area contributed by atoms with Gasteiger partial charge in [0.15, 0.2) is 18.1 Å². The van der Waals surface area contributed by atoms with Gasteiger partial charge in [-0.15, -0.1) is 0 Å². The van der Waals surface area contributed by atoms with Crippen LogP contribution in [0, 0.1) is 0 Å². The van der Waals surface area contributed by atoms with Gasteiger partial charge in [-0.25, -0.2) is 4.79 Å². The van der Waals surface area contributed by atoms with Crippen molar-refractivity contribution in [1.82, 2.24) is 0 Å². The number of hydrogen-bond acceptors (Lipinski definition) is 6. The van der Waals surface area contributed by atoms with Crippen LogP contribution in [-0.4, -0.2) is 38.8 Å². The maximum Gasteiger partial charge on any atom is 0.331 e. The Hall–Kier alpha value is -3.48. The third-order valence-corrected chi connectivity index (χ3v) is 3.71. The van der Waals surface area contributed by atoms with Crippen LogP contribution in [0.4, 0.5) is 5.69 Å². The maximum absolute atomic E-state index is 12.1. The number of para-hydroxylation sites is 1. The van der Waals surface area contributed by atoms with E-state index in [-0.39, 0.29) is 0 Å². The van der Waals surface area contributed by atoms with Gasteiger partial charge in [-0.3, -0.25) is 4.79 Å². The average Bonchev–Trinajstić information content (AvgIpc) is 2.73. The molecule has 0 aromatic heterocycles. The average molecular weight is 399 g/mol. The molecular formula is C22H25NO6. The molecule has 0 heterocycles. The zero-order valence-corrected chi connectivity index (χ0v) is 16.8. The van der Waals surface area contributed by atoms with Crippen LogP contribution in [0.5, 0.6) is 17.2 Å². The Kier molecular flexibility index (Phi) is 8.56. The fraction of sp³-hybridized carbons (Fsp3) is 0.273. The maximum atomic E-state index is 12.1. The molecule has 0 fully saturated rings. The van der Waals surface area contributed by atoms with E-state index in [1.165, 1.54) is 6.08 Å². The minimum absolute atomic E-state index is 0.410. The molecule has 0 aliphatic rings. The molecule has 7 heteroatoms. The van der Waals surface area contributed by atoms with Gasteiger partial charge in [0.1, 0.15) is 5.75 Å². The zero-order valence-electron chi connectivity index (χ0n) is 16.8. The molecule has 0 aliphatic heterocycles. The van der Waals surface area contributed by atoms with E-state index in [2.05, 4.69) is 5.32 Å². The van der Waals surface area contributed by atoms with Gasteiger partial charge in [0, 0.05) is 23.4 Å². The van der Waals surface area contributed by atoms with Crippen LogP contribution in [0.1, 0.15) is 19.4 Å². The van der Waals surface area contributed by atoms with Crippen LogP contribution in [0.2, 0.25) is 0 Å². The molecule has 154 valence electrons. The summed E-state index contributed by atoms with van der Waals surface area (Å²) in [6.45, 7) is 4.30. The predicted octanol–water partition coefficient (Wildman–Crippen LogP) is 3.69. The minimum Gasteiger partial charge on any atom is -0.496 e. The Morgan fingerprint density at radius 2 is 1.69 bits per heavy atom. The Labute approximate surface area is 170 Å². The number of carbonyl (C=O) groups excluding carboxylic acids is 2. The summed E-state index contributed by atoms with van der Waals surface area (Å²) in [6, 6.07) is 12.3. The van der Waals surface area contributed by atoms with Gasteiger partial charge in [-0.1, -0.05) is 18.2 Å². The van der Waals surface area contributed by atoms with E-state index in [1.54, 1.807) is 43.5 Å². The summed E-state index contributed by atoms with van der Waals surface area (Å²) in [7, 11) is 1.55. The molecule has 1 N–H and O–H groups in total. The minimum atomic E-state index is -0.632. The number of esters is 1. The first-order valence-corrected chi connectivity index (χ1v) is 9.24. The van der Waals surface area contributed by atoms with Crippen molar-refractivity contribution in [3.05, 3.63) is 54.1 Å². The van der Waals surface area contributed by atoms with E-state index in [1.807, 2.05) is 26.0 Å². The van der Waals surface area contributed by atoms with Crippen LogP contribution in [0.15, 0.2) is 48.5 Å². The first-order chi connectivity index (χ1) is 14.1. The number of hydrogen-bond donors (Lipinski definition) is 1. The first-order valence-electron chi connectivity index (χ1n) is 9.24. The van der Waals surface area contributed by atoms with Crippen molar-refractivity contribution in [2.24, 2.45) is 0 Å². The lowest BCUT2D eigenvalue weighted by molar-refractivity contribution is -0.142. The molecule has 0 saturated carbocycles. The molecule has 7 nitrogen and oxygen atoms in total. The summed E-state index contributed by atoms with van der Waals surface area (Å²) in [4.78, 5) is 23.9. The number of methoxy groups -OCH3 is 1. The summed E-state index contributed by atoms with van der Waals surface area (Å²) in [5.74, 6) is 0.669. The second kappa shape index (κ2) is 11.4. The zero-order chi connectivity index (χ0) is 21.1. The van der Waals surface area contributed by atoms with E-state index < -0.39 is 18.5 Å². The van der Waals surface area contributed by atoms with E-state index >= 15 is 0 Å². The molecule has 0 saturated heterocycles. The third kappa shape index (κ3) is 6.88. The van der Waals surface area contributed by atoms with Gasteiger partial charge in [-0.2, -0.15) is 0 Å². The summed E-state index contributed by atoms with van der Waals surface area (Å²) in [6.07, 6.45) is 2.81. The molecule has 0 radical (unpaired) electrons. The fourth-order valence-electron chi connectivity index (χ4n) is 2.47. The van der Waals surface area contributed by atoms with Gasteiger partial charge in [-0.05, 0) is 38.1 Å². The molecule has 0 spiro atoms. The molecule has 29 heavy (non-hydrogen) atoms. The van der Waals surface area contributed by atoms with Gasteiger partial charge >= 0.3 is 5.97 Å². The smallest absolute Gasteiger partial charge is 0.331 e. The molecule has 2 rings (SSSR count). The Bertz CT molecular complexity index is 862. The van der Waals surface area contributed by atoms with Gasteiger partial charge in [0.2, 0.25) is 0 Å². The number of rotatable bonds is 10. The second-order valence-electron chi connectivity index (χ2n) is 5.76. The normalized spacial score (nSPS) is 10.4. The van der Waals surface area contributed by atoms with Crippen LogP contribution in [0.25, 0.3) is 6.08 Å².